The summed E-state index contributed by atoms with van der Waals surface area (Å²) in [5.41, 5.74) is 2.37. The second-order valence-electron chi connectivity index (χ2n) is 5.21. The molecular weight excluding hydrogens is 276 g/mol. The molecule has 1 heterocycles. The van der Waals surface area contributed by atoms with Gasteiger partial charge in [-0.25, -0.2) is 4.98 Å². The first kappa shape index (κ1) is 16.0. The van der Waals surface area contributed by atoms with Crippen molar-refractivity contribution < 1.29 is 9.53 Å². The molecule has 4 nitrogen and oxygen atoms in total. The number of aromatic nitrogens is 1. The lowest BCUT2D eigenvalue weighted by atomic mass is 10.1. The fourth-order valence-electron chi connectivity index (χ4n) is 2.48. The van der Waals surface area contributed by atoms with Crippen molar-refractivity contribution in [2.45, 2.75) is 26.8 Å². The van der Waals surface area contributed by atoms with E-state index in [-0.39, 0.29) is 11.9 Å². The fourth-order valence-corrected chi connectivity index (χ4v) is 2.48. The van der Waals surface area contributed by atoms with E-state index in [0.29, 0.717) is 12.2 Å². The number of nitrogens with zero attached hydrogens (tertiary/aromatic N) is 2. The first-order chi connectivity index (χ1) is 10.6. The van der Waals surface area contributed by atoms with Gasteiger partial charge in [-0.2, -0.15) is 0 Å². The molecule has 2 rings (SSSR count). The summed E-state index contributed by atoms with van der Waals surface area (Å²) in [5, 5.41) is 0. The molecule has 0 aliphatic carbocycles. The summed E-state index contributed by atoms with van der Waals surface area (Å²) in [5.74, 6) is 0.739. The van der Waals surface area contributed by atoms with E-state index in [4.69, 9.17) is 4.74 Å². The molecule has 1 aromatic carbocycles. The predicted octanol–water partition coefficient (Wildman–Crippen LogP) is 3.62. The number of methoxy groups -OCH3 is 1. The number of carbonyl (C=O) groups excluding carboxylic acids is 1. The van der Waals surface area contributed by atoms with E-state index in [9.17, 15) is 4.79 Å². The maximum absolute atomic E-state index is 12.7. The molecule has 4 heteroatoms. The van der Waals surface area contributed by atoms with Gasteiger partial charge in [0.2, 0.25) is 0 Å². The van der Waals surface area contributed by atoms with Gasteiger partial charge in [0, 0.05) is 12.2 Å². The molecule has 0 saturated carbocycles. The fraction of sp³-hybridized carbons (Fsp3) is 0.333. The largest absolute Gasteiger partial charge is 0.497 e. The number of carbonyl (C=O) groups is 1. The summed E-state index contributed by atoms with van der Waals surface area (Å²) in [6.45, 7) is 6.50. The highest BCUT2D eigenvalue weighted by Crippen LogP contribution is 2.25. The molecule has 0 aliphatic heterocycles. The molecule has 22 heavy (non-hydrogen) atoms. The van der Waals surface area contributed by atoms with Crippen molar-refractivity contribution in [1.29, 1.82) is 0 Å². The van der Waals surface area contributed by atoms with Crippen LogP contribution in [0.4, 0.5) is 0 Å². The van der Waals surface area contributed by atoms with E-state index in [2.05, 4.69) is 4.98 Å². The maximum Gasteiger partial charge on any atom is 0.272 e. The van der Waals surface area contributed by atoms with Gasteiger partial charge in [0.15, 0.2) is 0 Å². The summed E-state index contributed by atoms with van der Waals surface area (Å²) >= 11 is 0. The number of amides is 1. The standard InChI is InChI=1S/C18H22N2O2/c1-5-20(18(21)17-11-6-8-13(2)19-17)14(3)15-9-7-10-16(12-15)22-4/h6-12,14H,5H2,1-4H3. The van der Waals surface area contributed by atoms with Crippen LogP contribution in [-0.2, 0) is 0 Å². The van der Waals surface area contributed by atoms with E-state index < -0.39 is 0 Å². The number of benzene rings is 1. The number of pyridine rings is 1. The van der Waals surface area contributed by atoms with Crippen molar-refractivity contribution in [3.8, 4) is 5.75 Å². The van der Waals surface area contributed by atoms with Crippen LogP contribution in [0.5, 0.6) is 5.75 Å². The van der Waals surface area contributed by atoms with E-state index in [0.717, 1.165) is 17.0 Å². The molecule has 0 radical (unpaired) electrons. The molecule has 0 aliphatic rings. The summed E-state index contributed by atoms with van der Waals surface area (Å²) in [6.07, 6.45) is 0. The lowest BCUT2D eigenvalue weighted by Gasteiger charge is -2.28. The van der Waals surface area contributed by atoms with E-state index in [1.54, 1.807) is 13.2 Å². The van der Waals surface area contributed by atoms with Crippen molar-refractivity contribution in [2.75, 3.05) is 13.7 Å². The van der Waals surface area contributed by atoms with Crippen LogP contribution in [-0.4, -0.2) is 29.4 Å². The highest BCUT2D eigenvalue weighted by Gasteiger charge is 2.22. The Morgan fingerprint density at radius 1 is 1.27 bits per heavy atom. The molecule has 1 amide bonds. The van der Waals surface area contributed by atoms with Crippen molar-refractivity contribution >= 4 is 5.91 Å². The summed E-state index contributed by atoms with van der Waals surface area (Å²) in [7, 11) is 1.64. The lowest BCUT2D eigenvalue weighted by molar-refractivity contribution is 0.0696. The maximum atomic E-state index is 12.7. The first-order valence-corrected chi connectivity index (χ1v) is 7.45. The van der Waals surface area contributed by atoms with Gasteiger partial charge in [-0.3, -0.25) is 4.79 Å². The Morgan fingerprint density at radius 3 is 2.64 bits per heavy atom. The van der Waals surface area contributed by atoms with E-state index in [1.165, 1.54) is 0 Å². The minimum absolute atomic E-state index is 0.0464. The second-order valence-corrected chi connectivity index (χ2v) is 5.21. The average molecular weight is 298 g/mol. The van der Waals surface area contributed by atoms with Crippen molar-refractivity contribution in [3.63, 3.8) is 0 Å². The highest BCUT2D eigenvalue weighted by molar-refractivity contribution is 5.92. The number of rotatable bonds is 5. The molecule has 0 bridgehead atoms. The van der Waals surface area contributed by atoms with Crippen molar-refractivity contribution in [3.05, 3.63) is 59.4 Å². The van der Waals surface area contributed by atoms with Gasteiger partial charge in [0.1, 0.15) is 11.4 Å². The van der Waals surface area contributed by atoms with E-state index >= 15 is 0 Å². The third kappa shape index (κ3) is 3.45. The molecule has 116 valence electrons. The monoisotopic (exact) mass is 298 g/mol. The smallest absolute Gasteiger partial charge is 0.272 e. The molecule has 0 N–H and O–H groups in total. The van der Waals surface area contributed by atoms with Crippen LogP contribution < -0.4 is 4.74 Å². The lowest BCUT2D eigenvalue weighted by Crippen LogP contribution is -2.34. The molecule has 1 aromatic heterocycles. The molecule has 0 saturated heterocycles. The third-order valence-corrected chi connectivity index (χ3v) is 3.75. The Bertz CT molecular complexity index is 655. The number of aryl methyl sites for hydroxylation is 1. The zero-order chi connectivity index (χ0) is 16.1. The third-order valence-electron chi connectivity index (χ3n) is 3.75. The van der Waals surface area contributed by atoms with Gasteiger partial charge >= 0.3 is 0 Å². The molecule has 0 fully saturated rings. The predicted molar refractivity (Wildman–Crippen MR) is 87.1 cm³/mol. The van der Waals surface area contributed by atoms with Crippen LogP contribution in [0.25, 0.3) is 0 Å². The Morgan fingerprint density at radius 2 is 2.00 bits per heavy atom. The summed E-state index contributed by atoms with van der Waals surface area (Å²) in [4.78, 5) is 18.9. The summed E-state index contributed by atoms with van der Waals surface area (Å²) in [6, 6.07) is 13.3. The molecule has 1 unspecified atom stereocenters. The topological polar surface area (TPSA) is 42.4 Å². The van der Waals surface area contributed by atoms with Gasteiger partial charge in [0.05, 0.1) is 13.2 Å². The Labute approximate surface area is 131 Å². The van der Waals surface area contributed by atoms with Crippen LogP contribution in [0.15, 0.2) is 42.5 Å². The number of hydrogen-bond acceptors (Lipinski definition) is 3. The van der Waals surface area contributed by atoms with Gasteiger partial charge in [0.25, 0.3) is 5.91 Å². The normalized spacial score (nSPS) is 11.8. The molecule has 1 atom stereocenters. The Kier molecular flexibility index (Phi) is 5.15. The van der Waals surface area contributed by atoms with Crippen LogP contribution >= 0.6 is 0 Å². The molecule has 0 spiro atoms. The van der Waals surface area contributed by atoms with Gasteiger partial charge in [-0.15, -0.1) is 0 Å². The van der Waals surface area contributed by atoms with Gasteiger partial charge in [-0.1, -0.05) is 18.2 Å². The SMILES string of the molecule is CCN(C(=O)c1cccc(C)n1)C(C)c1cccc(OC)c1. The quantitative estimate of drug-likeness (QED) is 0.846. The molecule has 2 aromatic rings. The van der Waals surface area contributed by atoms with Crippen molar-refractivity contribution in [2.24, 2.45) is 0 Å². The van der Waals surface area contributed by atoms with Gasteiger partial charge in [-0.05, 0) is 50.6 Å². The van der Waals surface area contributed by atoms with Crippen LogP contribution in [0, 0.1) is 6.92 Å². The second kappa shape index (κ2) is 7.07. The zero-order valence-electron chi connectivity index (χ0n) is 13.5. The number of hydrogen-bond donors (Lipinski definition) is 0. The Hall–Kier alpha value is -2.36. The van der Waals surface area contributed by atoms with Crippen LogP contribution in [0.3, 0.4) is 0 Å². The highest BCUT2D eigenvalue weighted by atomic mass is 16.5. The van der Waals surface area contributed by atoms with Crippen molar-refractivity contribution in [1.82, 2.24) is 9.88 Å². The van der Waals surface area contributed by atoms with Gasteiger partial charge < -0.3 is 9.64 Å². The summed E-state index contributed by atoms with van der Waals surface area (Å²) < 4.78 is 5.26. The first-order valence-electron chi connectivity index (χ1n) is 7.45. The van der Waals surface area contributed by atoms with Crippen LogP contribution in [0.1, 0.15) is 41.6 Å². The van der Waals surface area contributed by atoms with E-state index in [1.807, 2.05) is 62.1 Å². The Balaban J connectivity index is 2.28. The number of ether oxygens (including phenoxy) is 1. The molecular formula is C18H22N2O2. The minimum atomic E-state index is -0.0541. The minimum Gasteiger partial charge on any atom is -0.497 e. The van der Waals surface area contributed by atoms with Crippen LogP contribution in [0.2, 0.25) is 0 Å². The zero-order valence-corrected chi connectivity index (χ0v) is 13.5. The average Bonchev–Trinajstić information content (AvgIpc) is 2.55.